The number of carbonyl (C=O) groups is 2. The highest BCUT2D eigenvalue weighted by Gasteiger charge is 2.51. The number of benzene rings is 2. The van der Waals surface area contributed by atoms with Gasteiger partial charge in [-0.15, -0.1) is 0 Å². The number of halogens is 2. The fraction of sp³-hybridized carbons (Fsp3) is 0.661. The van der Waals surface area contributed by atoms with Crippen molar-refractivity contribution in [2.75, 3.05) is 44.2 Å². The number of carbonyl (C=O) groups excluding carboxylic acids is 2. The number of hydrogen-bond donors (Lipinski definition) is 1. The van der Waals surface area contributed by atoms with Gasteiger partial charge < -0.3 is 33.6 Å². The maximum Gasteiger partial charge on any atom is 0.410 e. The van der Waals surface area contributed by atoms with Crippen LogP contribution in [0.5, 0.6) is 11.8 Å². The Hall–Kier alpha value is -4.47. The Bertz CT molecular complexity index is 2560. The van der Waals surface area contributed by atoms with Crippen LogP contribution in [0, 0.1) is 23.5 Å². The van der Waals surface area contributed by atoms with Gasteiger partial charge in [-0.1, -0.05) is 54.5 Å². The molecule has 0 unspecified atom stereocenters. The highest BCUT2D eigenvalue weighted by atomic mass is 28.4. The average molecular weight is 999 g/mol. The molecule has 0 radical (unpaired) electrons. The van der Waals surface area contributed by atoms with E-state index in [1.807, 2.05) is 56.6 Å². The van der Waals surface area contributed by atoms with E-state index in [9.17, 15) is 14.7 Å². The lowest BCUT2D eigenvalue weighted by molar-refractivity contribution is -0.112. The van der Waals surface area contributed by atoms with Crippen molar-refractivity contribution in [3.8, 4) is 23.0 Å². The van der Waals surface area contributed by atoms with Crippen molar-refractivity contribution in [3.05, 3.63) is 47.7 Å². The SMILES string of the molecule is CCc1c(F)ccc2cc(O[Si](C(C)C)(C(C)C)C(C)C)cc(-c3ncc4c(N5CCC[C@@](C)(O)C5)nc(OC[C@@]56CCCN5[C@H](CN(CC5CCC(C=O)CC5)C(=O)OC(C)(C)C)CC6)nc4c3F)c12. The van der Waals surface area contributed by atoms with Crippen LogP contribution in [0.2, 0.25) is 16.6 Å². The van der Waals surface area contributed by atoms with Crippen LogP contribution >= 0.6 is 0 Å². The van der Waals surface area contributed by atoms with E-state index in [1.165, 1.54) is 6.07 Å². The van der Waals surface area contributed by atoms with E-state index >= 15 is 8.78 Å². The molecule has 8 rings (SSSR count). The summed E-state index contributed by atoms with van der Waals surface area (Å²) in [7, 11) is -2.47. The van der Waals surface area contributed by atoms with E-state index in [2.05, 4.69) is 46.4 Å². The molecule has 12 nitrogen and oxygen atoms in total. The predicted molar refractivity (Wildman–Crippen MR) is 280 cm³/mol. The Morgan fingerprint density at radius 1 is 0.958 bits per heavy atom. The molecule has 4 aromatic rings. The van der Waals surface area contributed by atoms with Crippen LogP contribution in [-0.4, -0.2) is 113 Å². The van der Waals surface area contributed by atoms with Crippen molar-refractivity contribution in [2.24, 2.45) is 11.8 Å². The van der Waals surface area contributed by atoms with Crippen LogP contribution in [0.4, 0.5) is 19.4 Å². The van der Waals surface area contributed by atoms with Crippen LogP contribution in [-0.2, 0) is 16.0 Å². The highest BCUT2D eigenvalue weighted by molar-refractivity contribution is 6.78. The number of ether oxygens (including phenoxy) is 2. The van der Waals surface area contributed by atoms with Crippen molar-refractivity contribution in [3.63, 3.8) is 0 Å². The van der Waals surface area contributed by atoms with E-state index in [4.69, 9.17) is 28.9 Å². The van der Waals surface area contributed by atoms with Crippen molar-refractivity contribution in [2.45, 2.75) is 186 Å². The molecule has 5 heterocycles. The summed E-state index contributed by atoms with van der Waals surface area (Å²) in [6.45, 7) is 25.8. The molecular weight excluding hydrogens is 919 g/mol. The van der Waals surface area contributed by atoms with Crippen molar-refractivity contribution in [1.82, 2.24) is 24.8 Å². The molecule has 1 N–H and O–H groups in total. The molecule has 2 aromatic carbocycles. The van der Waals surface area contributed by atoms with Crippen LogP contribution in [0.25, 0.3) is 32.9 Å². The minimum Gasteiger partial charge on any atom is -0.543 e. The number of aliphatic hydroxyl groups is 1. The Balaban J connectivity index is 1.16. The van der Waals surface area contributed by atoms with Gasteiger partial charge in [0.05, 0.1) is 16.5 Å². The van der Waals surface area contributed by atoms with Crippen LogP contribution in [0.3, 0.4) is 0 Å². The molecule has 1 saturated carbocycles. The molecule has 4 fully saturated rings. The number of pyridine rings is 1. The van der Waals surface area contributed by atoms with Crippen LogP contribution in [0.1, 0.15) is 146 Å². The van der Waals surface area contributed by atoms with Gasteiger partial charge in [0, 0.05) is 49.9 Å². The van der Waals surface area contributed by atoms with E-state index in [1.54, 1.807) is 12.3 Å². The molecular formula is C56H80F2N6O6Si. The summed E-state index contributed by atoms with van der Waals surface area (Å²) in [5.74, 6) is 0.406. The second-order valence-corrected chi connectivity index (χ2v) is 29.1. The van der Waals surface area contributed by atoms with Gasteiger partial charge in [-0.3, -0.25) is 9.88 Å². The van der Waals surface area contributed by atoms with Crippen molar-refractivity contribution >= 4 is 48.2 Å². The Morgan fingerprint density at radius 3 is 2.31 bits per heavy atom. The largest absolute Gasteiger partial charge is 0.543 e. The first-order valence-electron chi connectivity index (χ1n) is 26.7. The Labute approximate surface area is 421 Å². The standard InChI is InChI=1S/C56H80F2N6O6Si/c1-12-43-46(57)20-19-40-27-42(70-71(35(2)3,36(4)5)37(6)7)28-44(47(40)43)49-48(58)50-45(29-59-49)51(62-25-13-22-55(11,67)33-62)61-52(60-50)68-34-56-23-14-26-64(56)41(21-24-56)31-63(53(66)69-54(8,9)10)30-38-15-17-39(32-65)18-16-38/h19-20,27-29,32,35-39,41,67H,12-18,21-26,30-31,33-34H2,1-11H3/t38?,39?,41-,55+,56-/m0/s1. The number of piperidine rings is 1. The van der Waals surface area contributed by atoms with Gasteiger partial charge in [0.25, 0.3) is 8.32 Å². The third kappa shape index (κ3) is 10.8. The molecule has 0 bridgehead atoms. The fourth-order valence-corrected chi connectivity index (χ4v) is 18.4. The van der Waals surface area contributed by atoms with Crippen LogP contribution < -0.4 is 14.1 Å². The number of aldehydes is 1. The van der Waals surface area contributed by atoms with Crippen molar-refractivity contribution < 1.29 is 37.4 Å². The number of nitrogens with zero attached hydrogens (tertiary/aromatic N) is 6. The molecule has 2 aromatic heterocycles. The van der Waals surface area contributed by atoms with E-state index in [0.29, 0.717) is 78.3 Å². The number of anilines is 1. The first kappa shape index (κ1) is 52.8. The molecule has 388 valence electrons. The fourth-order valence-electron chi connectivity index (χ4n) is 13.2. The number of hydrogen-bond acceptors (Lipinski definition) is 11. The smallest absolute Gasteiger partial charge is 0.410 e. The third-order valence-corrected chi connectivity index (χ3v) is 22.5. The normalized spacial score (nSPS) is 24.4. The lowest BCUT2D eigenvalue weighted by Crippen LogP contribution is -2.51. The maximum atomic E-state index is 18.0. The Kier molecular flexibility index (Phi) is 15.5. The van der Waals surface area contributed by atoms with Gasteiger partial charge in [0.2, 0.25) is 0 Å². The predicted octanol–water partition coefficient (Wildman–Crippen LogP) is 12.2. The zero-order valence-electron chi connectivity index (χ0n) is 44.4. The first-order chi connectivity index (χ1) is 33.6. The molecule has 0 spiro atoms. The number of aromatic nitrogens is 3. The molecule has 15 heteroatoms. The number of amides is 1. The number of fused-ring (bicyclic) bond motifs is 3. The summed E-state index contributed by atoms with van der Waals surface area (Å²) < 4.78 is 53.7. The van der Waals surface area contributed by atoms with Gasteiger partial charge in [0.1, 0.15) is 47.1 Å². The molecule has 3 aliphatic heterocycles. The van der Waals surface area contributed by atoms with Gasteiger partial charge in [-0.2, -0.15) is 9.97 Å². The number of rotatable bonds is 16. The van der Waals surface area contributed by atoms with Gasteiger partial charge in [-0.25, -0.2) is 13.6 Å². The van der Waals surface area contributed by atoms with Gasteiger partial charge in [-0.05, 0) is 162 Å². The van der Waals surface area contributed by atoms with Gasteiger partial charge >= 0.3 is 12.1 Å². The van der Waals surface area contributed by atoms with E-state index < -0.39 is 25.3 Å². The minimum absolute atomic E-state index is 0.0311. The molecule has 1 amide bonds. The lowest BCUT2D eigenvalue weighted by Gasteiger charge is -2.42. The monoisotopic (exact) mass is 999 g/mol. The lowest BCUT2D eigenvalue weighted by atomic mass is 9.82. The minimum atomic E-state index is -2.47. The summed E-state index contributed by atoms with van der Waals surface area (Å²) in [5.41, 5.74) is -0.166. The van der Waals surface area contributed by atoms with Gasteiger partial charge in [0.15, 0.2) is 5.82 Å². The maximum absolute atomic E-state index is 18.0. The number of β-amino-alcohol motifs (C(OH)–C–C–N with tert-alkyl or cyclic N) is 1. The zero-order chi connectivity index (χ0) is 51.2. The van der Waals surface area contributed by atoms with Crippen LogP contribution in [0.15, 0.2) is 30.5 Å². The summed E-state index contributed by atoms with van der Waals surface area (Å²) in [6.07, 6.45) is 11.1. The summed E-state index contributed by atoms with van der Waals surface area (Å²) >= 11 is 0. The summed E-state index contributed by atoms with van der Waals surface area (Å²) in [5, 5.41) is 13.0. The molecule has 71 heavy (non-hydrogen) atoms. The first-order valence-corrected chi connectivity index (χ1v) is 28.8. The zero-order valence-corrected chi connectivity index (χ0v) is 45.4. The summed E-state index contributed by atoms with van der Waals surface area (Å²) in [6, 6.07) is 7.15. The average Bonchev–Trinajstić information content (AvgIpc) is 3.88. The Morgan fingerprint density at radius 2 is 1.66 bits per heavy atom. The highest BCUT2D eigenvalue weighted by Crippen LogP contribution is 2.47. The second-order valence-electron chi connectivity index (χ2n) is 23.7. The topological polar surface area (TPSA) is 130 Å². The quantitative estimate of drug-likeness (QED) is 0.0850. The molecule has 3 atom stereocenters. The number of aryl methyl sites for hydroxylation is 1. The van der Waals surface area contributed by atoms with Crippen molar-refractivity contribution in [1.29, 1.82) is 0 Å². The molecule has 1 aliphatic carbocycles. The second kappa shape index (κ2) is 20.8. The van der Waals surface area contributed by atoms with E-state index in [0.717, 1.165) is 69.6 Å². The molecule has 4 aliphatic rings. The van der Waals surface area contributed by atoms with E-state index in [-0.39, 0.29) is 76.4 Å². The molecule has 3 saturated heterocycles. The summed E-state index contributed by atoms with van der Waals surface area (Å²) in [4.78, 5) is 46.5. The third-order valence-electron chi connectivity index (χ3n) is 16.5.